The minimum Gasteiger partial charge on any atom is -0.497 e. The van der Waals surface area contributed by atoms with Gasteiger partial charge in [-0.25, -0.2) is 0 Å². The molecule has 1 N–H and O–H groups in total. The molecule has 0 fully saturated rings. The largest absolute Gasteiger partial charge is 0.497 e. The molecular formula is C18H19N3O2. The molecule has 0 saturated carbocycles. The van der Waals surface area contributed by atoms with Gasteiger partial charge in [-0.1, -0.05) is 6.92 Å². The molecule has 0 aliphatic carbocycles. The van der Waals surface area contributed by atoms with Gasteiger partial charge in [-0.2, -0.15) is 4.98 Å². The molecule has 5 nitrogen and oxygen atoms in total. The van der Waals surface area contributed by atoms with E-state index in [0.29, 0.717) is 5.56 Å². The van der Waals surface area contributed by atoms with Crippen LogP contribution in [-0.2, 0) is 19.4 Å². The number of benzene rings is 1. The predicted molar refractivity (Wildman–Crippen MR) is 90.2 cm³/mol. The average molecular weight is 309 g/mol. The lowest BCUT2D eigenvalue weighted by atomic mass is 9.99. The average Bonchev–Trinajstić information content (AvgIpc) is 2.95. The molecular weight excluding hydrogens is 290 g/mol. The molecule has 1 aliphatic rings. The van der Waals surface area contributed by atoms with Crippen LogP contribution < -0.4 is 10.3 Å². The van der Waals surface area contributed by atoms with E-state index in [1.165, 1.54) is 10.9 Å². The third-order valence-electron chi connectivity index (χ3n) is 4.74. The minimum absolute atomic E-state index is 0.128. The lowest BCUT2D eigenvalue weighted by molar-refractivity contribution is 0.415. The Bertz CT molecular complexity index is 982. The summed E-state index contributed by atoms with van der Waals surface area (Å²) >= 11 is 0. The number of ether oxygens (including phenoxy) is 1. The van der Waals surface area contributed by atoms with E-state index in [-0.39, 0.29) is 5.56 Å². The van der Waals surface area contributed by atoms with Crippen LogP contribution in [0.4, 0.5) is 0 Å². The number of hydrogen-bond donors (Lipinski definition) is 1. The summed E-state index contributed by atoms with van der Waals surface area (Å²) in [6, 6.07) is 6.05. The predicted octanol–water partition coefficient (Wildman–Crippen LogP) is 2.83. The van der Waals surface area contributed by atoms with Crippen LogP contribution in [0.1, 0.15) is 23.9 Å². The highest BCUT2D eigenvalue weighted by atomic mass is 16.5. The summed E-state index contributed by atoms with van der Waals surface area (Å²) in [7, 11) is 1.68. The van der Waals surface area contributed by atoms with Gasteiger partial charge in [-0.05, 0) is 37.1 Å². The second kappa shape index (κ2) is 4.98. The molecule has 3 aromatic rings. The molecule has 0 atom stereocenters. The van der Waals surface area contributed by atoms with E-state index in [2.05, 4.69) is 20.6 Å². The van der Waals surface area contributed by atoms with Crippen LogP contribution in [0.15, 0.2) is 23.0 Å². The number of rotatable bonds is 2. The fraction of sp³-hybridized carbons (Fsp3) is 0.333. The summed E-state index contributed by atoms with van der Waals surface area (Å²) in [5.41, 5.74) is 4.95. The van der Waals surface area contributed by atoms with Crippen molar-refractivity contribution in [2.75, 3.05) is 7.11 Å². The van der Waals surface area contributed by atoms with Crippen molar-refractivity contribution in [3.8, 4) is 17.1 Å². The van der Waals surface area contributed by atoms with E-state index in [0.717, 1.165) is 47.9 Å². The van der Waals surface area contributed by atoms with E-state index < -0.39 is 0 Å². The number of methoxy groups -OCH3 is 1. The number of H-pyrrole nitrogens is 1. The molecule has 1 aromatic carbocycles. The lowest BCUT2D eigenvalue weighted by Crippen LogP contribution is -2.25. The first-order valence-electron chi connectivity index (χ1n) is 7.93. The Hall–Kier alpha value is -2.56. The normalized spacial score (nSPS) is 13.0. The zero-order valence-corrected chi connectivity index (χ0v) is 13.6. The van der Waals surface area contributed by atoms with Gasteiger partial charge in [0.05, 0.1) is 18.5 Å². The van der Waals surface area contributed by atoms with Gasteiger partial charge < -0.3 is 14.3 Å². The molecule has 0 radical (unpaired) electrons. The fourth-order valence-corrected chi connectivity index (χ4v) is 3.57. The van der Waals surface area contributed by atoms with Crippen LogP contribution in [-0.4, -0.2) is 21.6 Å². The van der Waals surface area contributed by atoms with Crippen molar-refractivity contribution in [3.63, 3.8) is 0 Å². The number of hydrogen-bond acceptors (Lipinski definition) is 3. The molecule has 0 unspecified atom stereocenters. The first kappa shape index (κ1) is 14.1. The Kier molecular flexibility index (Phi) is 3.04. The molecule has 0 bridgehead atoms. The van der Waals surface area contributed by atoms with Crippen LogP contribution in [0.5, 0.6) is 5.75 Å². The molecule has 23 heavy (non-hydrogen) atoms. The maximum Gasteiger partial charge on any atom is 0.276 e. The summed E-state index contributed by atoms with van der Waals surface area (Å²) < 4.78 is 7.54. The van der Waals surface area contributed by atoms with E-state index >= 15 is 0 Å². The number of fused-ring (bicyclic) bond motifs is 5. The Labute approximate surface area is 133 Å². The van der Waals surface area contributed by atoms with Gasteiger partial charge in [-0.15, -0.1) is 0 Å². The number of aromatic amines is 1. The van der Waals surface area contributed by atoms with Crippen molar-refractivity contribution in [2.45, 2.75) is 33.2 Å². The first-order valence-corrected chi connectivity index (χ1v) is 7.93. The van der Waals surface area contributed by atoms with Crippen molar-refractivity contribution < 1.29 is 4.74 Å². The zero-order valence-electron chi connectivity index (χ0n) is 13.6. The van der Waals surface area contributed by atoms with Gasteiger partial charge in [0, 0.05) is 29.4 Å². The minimum atomic E-state index is -0.128. The van der Waals surface area contributed by atoms with E-state index in [1.54, 1.807) is 7.11 Å². The maximum absolute atomic E-state index is 12.2. The Morgan fingerprint density at radius 1 is 1.39 bits per heavy atom. The van der Waals surface area contributed by atoms with Crippen molar-refractivity contribution in [2.24, 2.45) is 0 Å². The fourth-order valence-electron chi connectivity index (χ4n) is 3.57. The molecule has 2 aromatic heterocycles. The number of nitrogens with one attached hydrogen (secondary N) is 1. The second-order valence-corrected chi connectivity index (χ2v) is 5.95. The molecule has 1 aliphatic heterocycles. The van der Waals surface area contributed by atoms with Crippen molar-refractivity contribution >= 4 is 10.9 Å². The molecule has 118 valence electrons. The van der Waals surface area contributed by atoms with Crippen molar-refractivity contribution in [1.82, 2.24) is 14.5 Å². The Morgan fingerprint density at radius 2 is 2.22 bits per heavy atom. The number of aryl methyl sites for hydroxylation is 2. The maximum atomic E-state index is 12.2. The molecule has 0 spiro atoms. The molecule has 3 heterocycles. The first-order chi connectivity index (χ1) is 11.1. The van der Waals surface area contributed by atoms with Gasteiger partial charge >= 0.3 is 0 Å². The highest BCUT2D eigenvalue weighted by Gasteiger charge is 2.25. The van der Waals surface area contributed by atoms with Gasteiger partial charge in [0.25, 0.3) is 5.56 Å². The highest BCUT2D eigenvalue weighted by Crippen LogP contribution is 2.37. The molecule has 4 rings (SSSR count). The van der Waals surface area contributed by atoms with Crippen LogP contribution in [0, 0.1) is 6.92 Å². The van der Waals surface area contributed by atoms with Crippen LogP contribution in [0.25, 0.3) is 22.3 Å². The summed E-state index contributed by atoms with van der Waals surface area (Å²) in [5, 5.41) is 1.17. The van der Waals surface area contributed by atoms with E-state index in [1.807, 2.05) is 26.0 Å². The van der Waals surface area contributed by atoms with E-state index in [9.17, 15) is 4.79 Å². The van der Waals surface area contributed by atoms with Gasteiger partial charge in [-0.3, -0.25) is 4.79 Å². The van der Waals surface area contributed by atoms with Gasteiger partial charge in [0.1, 0.15) is 11.6 Å². The third kappa shape index (κ3) is 1.92. The summed E-state index contributed by atoms with van der Waals surface area (Å²) in [5.74, 6) is 1.71. The van der Waals surface area contributed by atoms with Crippen molar-refractivity contribution in [1.29, 1.82) is 0 Å². The smallest absolute Gasteiger partial charge is 0.276 e. The number of nitrogens with zero attached hydrogens (tertiary/aromatic N) is 2. The highest BCUT2D eigenvalue weighted by molar-refractivity contribution is 5.92. The Balaban J connectivity index is 2.07. The van der Waals surface area contributed by atoms with Gasteiger partial charge in [0.2, 0.25) is 0 Å². The van der Waals surface area contributed by atoms with Crippen LogP contribution in [0.3, 0.4) is 0 Å². The Morgan fingerprint density at radius 3 is 2.96 bits per heavy atom. The van der Waals surface area contributed by atoms with Crippen LogP contribution >= 0.6 is 0 Å². The zero-order chi connectivity index (χ0) is 16.1. The monoisotopic (exact) mass is 309 g/mol. The molecule has 0 amide bonds. The van der Waals surface area contributed by atoms with Gasteiger partial charge in [0.15, 0.2) is 0 Å². The third-order valence-corrected chi connectivity index (χ3v) is 4.74. The topological polar surface area (TPSA) is 59.9 Å². The summed E-state index contributed by atoms with van der Waals surface area (Å²) in [6.45, 7) is 4.75. The SMILES string of the molecule is CCc1nc(=O)c(C)c2n1CCc1c-2[nH]c2ccc(OC)cc12. The lowest BCUT2D eigenvalue weighted by Gasteiger charge is -2.23. The van der Waals surface area contributed by atoms with E-state index in [4.69, 9.17) is 4.74 Å². The van der Waals surface area contributed by atoms with Crippen molar-refractivity contribution in [3.05, 3.63) is 45.5 Å². The quantitative estimate of drug-likeness (QED) is 0.792. The molecule has 0 saturated heterocycles. The summed E-state index contributed by atoms with van der Waals surface area (Å²) in [6.07, 6.45) is 1.68. The van der Waals surface area contributed by atoms with Crippen LogP contribution in [0.2, 0.25) is 0 Å². The number of aromatic nitrogens is 3. The molecule has 5 heteroatoms. The summed E-state index contributed by atoms with van der Waals surface area (Å²) in [4.78, 5) is 20.0. The standard InChI is InChI=1S/C18H19N3O2/c1-4-15-20-18(22)10(2)17-16-12(7-8-21(15)17)13-9-11(23-3)5-6-14(13)19-16/h5-6,9,19H,4,7-8H2,1-3H3. The second-order valence-electron chi connectivity index (χ2n) is 5.95.